The third-order valence-electron chi connectivity index (χ3n) is 5.45. The molecule has 1 aromatic heterocycles. The van der Waals surface area contributed by atoms with Crippen molar-refractivity contribution in [3.05, 3.63) is 52.3 Å². The lowest BCUT2D eigenvalue weighted by Gasteiger charge is -2.26. The number of likely N-dealkylation sites (tertiary alicyclic amines) is 1. The maximum atomic E-state index is 13.0. The fourth-order valence-electron chi connectivity index (χ4n) is 4.07. The summed E-state index contributed by atoms with van der Waals surface area (Å²) in [7, 11) is 1.36. The van der Waals surface area contributed by atoms with E-state index in [0.29, 0.717) is 23.4 Å². The van der Waals surface area contributed by atoms with Crippen LogP contribution in [-0.4, -0.2) is 42.0 Å². The smallest absolute Gasteiger partial charge is 0.339 e. The summed E-state index contributed by atoms with van der Waals surface area (Å²) in [6.07, 6.45) is 5.28. The van der Waals surface area contributed by atoms with Crippen molar-refractivity contribution in [2.24, 2.45) is 0 Å². The maximum absolute atomic E-state index is 13.0. The molecular formula is C23H31N3O3. The molecule has 0 unspecified atom stereocenters. The molecule has 0 bridgehead atoms. The van der Waals surface area contributed by atoms with Crippen molar-refractivity contribution in [2.45, 2.75) is 52.5 Å². The number of rotatable bonds is 7. The Labute approximate surface area is 172 Å². The topological polar surface area (TPSA) is 74.4 Å². The van der Waals surface area contributed by atoms with Crippen LogP contribution in [0.4, 0.5) is 5.69 Å². The number of benzene rings is 1. The second kappa shape index (κ2) is 9.74. The van der Waals surface area contributed by atoms with Crippen molar-refractivity contribution in [1.82, 2.24) is 9.88 Å². The number of methoxy groups -OCH3 is 1. The van der Waals surface area contributed by atoms with Crippen LogP contribution in [0.3, 0.4) is 0 Å². The van der Waals surface area contributed by atoms with Crippen LogP contribution in [0.15, 0.2) is 24.3 Å². The quantitative estimate of drug-likeness (QED) is 0.683. The molecule has 2 N–H and O–H groups in total. The number of aromatic nitrogens is 1. The molecule has 6 nitrogen and oxygen atoms in total. The van der Waals surface area contributed by atoms with Crippen LogP contribution in [0, 0.1) is 6.92 Å². The van der Waals surface area contributed by atoms with Crippen molar-refractivity contribution >= 4 is 17.6 Å². The van der Waals surface area contributed by atoms with E-state index >= 15 is 0 Å². The Morgan fingerprint density at radius 1 is 1.21 bits per heavy atom. The Balaban J connectivity index is 1.78. The molecule has 6 heteroatoms. The van der Waals surface area contributed by atoms with Gasteiger partial charge in [-0.3, -0.25) is 9.69 Å². The lowest BCUT2D eigenvalue weighted by molar-refractivity contribution is 0.0599. The van der Waals surface area contributed by atoms with Gasteiger partial charge in [-0.05, 0) is 62.5 Å². The van der Waals surface area contributed by atoms with Gasteiger partial charge in [0.25, 0.3) is 5.91 Å². The average Bonchev–Trinajstić information content (AvgIpc) is 3.05. The number of nitrogens with one attached hydrogen (secondary N) is 2. The molecule has 29 heavy (non-hydrogen) atoms. The number of anilines is 1. The summed E-state index contributed by atoms with van der Waals surface area (Å²) in [5.74, 6) is -0.647. The monoisotopic (exact) mass is 397 g/mol. The number of amides is 1. The van der Waals surface area contributed by atoms with Gasteiger partial charge < -0.3 is 15.0 Å². The molecule has 1 aliphatic heterocycles. The zero-order valence-electron chi connectivity index (χ0n) is 17.6. The average molecular weight is 398 g/mol. The second-order valence-corrected chi connectivity index (χ2v) is 7.71. The van der Waals surface area contributed by atoms with Crippen LogP contribution in [0.2, 0.25) is 0 Å². The zero-order chi connectivity index (χ0) is 20.8. The number of piperidine rings is 1. The molecule has 0 aliphatic carbocycles. The van der Waals surface area contributed by atoms with E-state index in [2.05, 4.69) is 21.3 Å². The summed E-state index contributed by atoms with van der Waals surface area (Å²) in [6, 6.07) is 8.00. The number of aryl methyl sites for hydroxylation is 1. The maximum Gasteiger partial charge on any atom is 0.339 e. The molecule has 0 radical (unpaired) electrons. The normalized spacial score (nSPS) is 14.6. The fourth-order valence-corrected chi connectivity index (χ4v) is 4.07. The molecule has 3 rings (SSSR count). The van der Waals surface area contributed by atoms with Gasteiger partial charge in [-0.1, -0.05) is 31.9 Å². The number of nitrogens with zero attached hydrogens (tertiary/aromatic N) is 1. The largest absolute Gasteiger partial charge is 0.465 e. The summed E-state index contributed by atoms with van der Waals surface area (Å²) in [5.41, 5.74) is 4.24. The van der Waals surface area contributed by atoms with E-state index in [0.717, 1.165) is 37.3 Å². The first-order valence-electron chi connectivity index (χ1n) is 10.5. The molecule has 0 atom stereocenters. The lowest BCUT2D eigenvalue weighted by atomic mass is 10.0. The van der Waals surface area contributed by atoms with Gasteiger partial charge in [-0.2, -0.15) is 0 Å². The molecule has 1 aliphatic rings. The predicted molar refractivity (Wildman–Crippen MR) is 114 cm³/mol. The van der Waals surface area contributed by atoms with E-state index in [9.17, 15) is 9.59 Å². The first kappa shape index (κ1) is 21.1. The molecule has 156 valence electrons. The number of aromatic amines is 1. The molecule has 0 spiro atoms. The van der Waals surface area contributed by atoms with E-state index in [1.54, 1.807) is 6.92 Å². The first-order valence-corrected chi connectivity index (χ1v) is 10.5. The van der Waals surface area contributed by atoms with E-state index in [1.807, 2.05) is 25.1 Å². The molecule has 1 saturated heterocycles. The molecule has 2 heterocycles. The Bertz CT molecular complexity index is 866. The summed E-state index contributed by atoms with van der Waals surface area (Å²) in [5, 5.41) is 2.99. The summed E-state index contributed by atoms with van der Waals surface area (Å²) < 4.78 is 4.91. The van der Waals surface area contributed by atoms with Crippen LogP contribution in [0.5, 0.6) is 0 Å². The number of esters is 1. The Morgan fingerprint density at radius 2 is 1.97 bits per heavy atom. The highest BCUT2D eigenvalue weighted by Crippen LogP contribution is 2.23. The second-order valence-electron chi connectivity index (χ2n) is 7.71. The van der Waals surface area contributed by atoms with Crippen LogP contribution >= 0.6 is 0 Å². The lowest BCUT2D eigenvalue weighted by Crippen LogP contribution is -2.29. The third-order valence-corrected chi connectivity index (χ3v) is 5.45. The van der Waals surface area contributed by atoms with Crippen molar-refractivity contribution in [2.75, 3.05) is 25.5 Å². The van der Waals surface area contributed by atoms with Gasteiger partial charge in [0.05, 0.1) is 12.7 Å². The van der Waals surface area contributed by atoms with Crippen LogP contribution in [-0.2, 0) is 17.7 Å². The molecule has 1 amide bonds. The van der Waals surface area contributed by atoms with Crippen LogP contribution < -0.4 is 5.32 Å². The van der Waals surface area contributed by atoms with Crippen LogP contribution in [0.25, 0.3) is 0 Å². The number of ether oxygens (including phenoxy) is 1. The van der Waals surface area contributed by atoms with E-state index < -0.39 is 5.97 Å². The highest BCUT2D eigenvalue weighted by Gasteiger charge is 2.24. The number of hydrogen-bond donors (Lipinski definition) is 2. The van der Waals surface area contributed by atoms with Gasteiger partial charge in [0, 0.05) is 17.9 Å². The fraction of sp³-hybridized carbons (Fsp3) is 0.478. The Hall–Kier alpha value is -2.60. The Morgan fingerprint density at radius 3 is 2.66 bits per heavy atom. The summed E-state index contributed by atoms with van der Waals surface area (Å²) in [6.45, 7) is 6.99. The number of H-pyrrole nitrogens is 1. The molecule has 1 fully saturated rings. The van der Waals surface area contributed by atoms with E-state index in [-0.39, 0.29) is 5.91 Å². The minimum atomic E-state index is -0.412. The van der Waals surface area contributed by atoms with Crippen LogP contribution in [0.1, 0.15) is 70.3 Å². The minimum Gasteiger partial charge on any atom is -0.465 e. The van der Waals surface area contributed by atoms with E-state index in [4.69, 9.17) is 4.74 Å². The molecule has 2 aromatic rings. The predicted octanol–water partition coefficient (Wildman–Crippen LogP) is 4.30. The highest BCUT2D eigenvalue weighted by molar-refractivity contribution is 6.07. The summed E-state index contributed by atoms with van der Waals surface area (Å²) in [4.78, 5) is 30.7. The number of hydrogen-bond acceptors (Lipinski definition) is 4. The molecular weight excluding hydrogens is 366 g/mol. The van der Waals surface area contributed by atoms with Crippen molar-refractivity contribution in [3.8, 4) is 0 Å². The SMILES string of the molecule is CCCc1c(C(=O)Nc2cccc(CN3CCCCC3)c2)[nH]c(C)c1C(=O)OC. The minimum absolute atomic E-state index is 0.234. The third kappa shape index (κ3) is 5.07. The number of carbonyl (C=O) groups is 2. The van der Waals surface area contributed by atoms with Gasteiger partial charge >= 0.3 is 5.97 Å². The van der Waals surface area contributed by atoms with E-state index in [1.165, 1.54) is 31.9 Å². The molecule has 1 aromatic carbocycles. The van der Waals surface area contributed by atoms with Gasteiger partial charge in [-0.15, -0.1) is 0 Å². The zero-order valence-corrected chi connectivity index (χ0v) is 17.6. The first-order chi connectivity index (χ1) is 14.0. The van der Waals surface area contributed by atoms with Gasteiger partial charge in [0.15, 0.2) is 0 Å². The summed E-state index contributed by atoms with van der Waals surface area (Å²) >= 11 is 0. The standard InChI is InChI=1S/C23H31N3O3/c1-4-9-19-20(23(28)29-3)16(2)24-21(19)22(27)25-18-11-8-10-17(14-18)15-26-12-6-5-7-13-26/h8,10-11,14,24H,4-7,9,12-13,15H2,1-3H3,(H,25,27). The van der Waals surface area contributed by atoms with Gasteiger partial charge in [0.2, 0.25) is 0 Å². The van der Waals surface area contributed by atoms with Crippen molar-refractivity contribution in [1.29, 1.82) is 0 Å². The molecule has 0 saturated carbocycles. The van der Waals surface area contributed by atoms with Gasteiger partial charge in [0.1, 0.15) is 5.69 Å². The highest BCUT2D eigenvalue weighted by atomic mass is 16.5. The van der Waals surface area contributed by atoms with Crippen molar-refractivity contribution in [3.63, 3.8) is 0 Å². The number of carbonyl (C=O) groups excluding carboxylic acids is 2. The van der Waals surface area contributed by atoms with Gasteiger partial charge in [-0.25, -0.2) is 4.79 Å². The Kier molecular flexibility index (Phi) is 7.09. The van der Waals surface area contributed by atoms with Crippen molar-refractivity contribution < 1.29 is 14.3 Å².